The van der Waals surface area contributed by atoms with Gasteiger partial charge in [-0.25, -0.2) is 0 Å². The number of hydrogen-bond donors (Lipinski definition) is 1. The number of nitrogens with two attached hydrogens (primary N) is 1. The van der Waals surface area contributed by atoms with E-state index in [1.165, 1.54) is 5.56 Å². The van der Waals surface area contributed by atoms with Gasteiger partial charge in [0.25, 0.3) is 6.09 Å². The Bertz CT molecular complexity index is 536. The van der Waals surface area contributed by atoms with Crippen LogP contribution >= 0.6 is 0 Å². The molecule has 122 valence electrons. The first-order valence-electron chi connectivity index (χ1n) is 7.83. The number of carboxylic acid groups (broad SMARTS) is 1. The maximum Gasteiger partial charge on any atom is 0.258 e. The molecule has 1 aliphatic rings. The van der Waals surface area contributed by atoms with E-state index >= 15 is 0 Å². The van der Waals surface area contributed by atoms with Crippen molar-refractivity contribution in [3.63, 3.8) is 0 Å². The van der Waals surface area contributed by atoms with Crippen LogP contribution in [0, 0.1) is 0 Å². The van der Waals surface area contributed by atoms with E-state index in [-0.39, 0.29) is 16.1 Å². The predicted octanol–water partition coefficient (Wildman–Crippen LogP) is 1.43. The highest BCUT2D eigenvalue weighted by Crippen LogP contribution is 2.32. The van der Waals surface area contributed by atoms with E-state index in [1.54, 1.807) is 0 Å². The van der Waals surface area contributed by atoms with Gasteiger partial charge < -0.3 is 15.6 Å². The Morgan fingerprint density at radius 3 is 2.41 bits per heavy atom. The second kappa shape index (κ2) is 5.89. The highest BCUT2D eigenvalue weighted by Gasteiger charge is 2.49. The zero-order valence-corrected chi connectivity index (χ0v) is 14.0. The van der Waals surface area contributed by atoms with Crippen molar-refractivity contribution in [2.75, 3.05) is 25.4 Å². The van der Waals surface area contributed by atoms with Gasteiger partial charge in [0.15, 0.2) is 0 Å². The van der Waals surface area contributed by atoms with E-state index in [0.717, 1.165) is 25.3 Å². The lowest BCUT2D eigenvalue weighted by Crippen LogP contribution is -2.76. The molecule has 2 rings (SSSR count). The van der Waals surface area contributed by atoms with Crippen molar-refractivity contribution in [1.82, 2.24) is 4.90 Å². The van der Waals surface area contributed by atoms with Crippen molar-refractivity contribution in [2.45, 2.75) is 45.8 Å². The molecule has 1 aliphatic heterocycles. The predicted molar refractivity (Wildman–Crippen MR) is 85.9 cm³/mol. The summed E-state index contributed by atoms with van der Waals surface area (Å²) >= 11 is 0. The van der Waals surface area contributed by atoms with Gasteiger partial charge in [-0.05, 0) is 45.4 Å². The fraction of sp³-hybridized carbons (Fsp3) is 0.588. The lowest BCUT2D eigenvalue weighted by atomic mass is 9.95. The number of anilines is 1. The topological polar surface area (TPSA) is 69.4 Å². The van der Waals surface area contributed by atoms with Crippen molar-refractivity contribution >= 4 is 11.8 Å². The number of amides is 1. The first-order chi connectivity index (χ1) is 10.2. The maximum atomic E-state index is 11.9. The fourth-order valence-corrected chi connectivity index (χ4v) is 3.69. The number of nitrogen functional groups attached to an aromatic ring is 1. The maximum absolute atomic E-state index is 11.9. The van der Waals surface area contributed by atoms with Crippen LogP contribution in [0.15, 0.2) is 24.3 Å². The summed E-state index contributed by atoms with van der Waals surface area (Å²) in [5, 5.41) is 11.9. The molecule has 0 bridgehead atoms. The van der Waals surface area contributed by atoms with Gasteiger partial charge in [0.05, 0.1) is 18.6 Å². The quantitative estimate of drug-likeness (QED) is 0.663. The van der Waals surface area contributed by atoms with Crippen molar-refractivity contribution in [2.24, 2.45) is 0 Å². The van der Waals surface area contributed by atoms with Gasteiger partial charge in [0.1, 0.15) is 6.04 Å². The Kier molecular flexibility index (Phi) is 4.49. The van der Waals surface area contributed by atoms with Gasteiger partial charge in [0, 0.05) is 18.8 Å². The molecule has 2 N–H and O–H groups in total. The minimum atomic E-state index is -0.966. The zero-order valence-electron chi connectivity index (χ0n) is 14.0. The standard InChI is InChI=1S/C17H27N3O2/c1-13-11-19(12-14-5-7-15(18)8-6-14)9-10-20(13,16(21)22)17(2,3)4/h5-8,13H,9-12,18H2,1-4H3/t13-,20?/m0/s1. The van der Waals surface area contributed by atoms with E-state index in [2.05, 4.69) is 4.90 Å². The molecule has 5 nitrogen and oxygen atoms in total. The van der Waals surface area contributed by atoms with Gasteiger partial charge in [-0.15, -0.1) is 0 Å². The van der Waals surface area contributed by atoms with Crippen LogP contribution in [0.3, 0.4) is 0 Å². The number of carbonyl (C=O) groups excluding carboxylic acids is 1. The number of benzene rings is 1. The lowest BCUT2D eigenvalue weighted by molar-refractivity contribution is -0.943. The smallest absolute Gasteiger partial charge is 0.258 e. The number of quaternary nitrogens is 1. The molecule has 1 unspecified atom stereocenters. The monoisotopic (exact) mass is 305 g/mol. The van der Waals surface area contributed by atoms with E-state index in [0.29, 0.717) is 6.54 Å². The minimum Gasteiger partial charge on any atom is -0.498 e. The Balaban J connectivity index is 2.12. The number of piperazine rings is 1. The third kappa shape index (κ3) is 2.96. The van der Waals surface area contributed by atoms with E-state index in [4.69, 9.17) is 5.73 Å². The van der Waals surface area contributed by atoms with E-state index in [1.807, 2.05) is 52.0 Å². The largest absolute Gasteiger partial charge is 0.498 e. The summed E-state index contributed by atoms with van der Waals surface area (Å²) in [6.07, 6.45) is -0.966. The molecule has 1 aromatic carbocycles. The first-order valence-corrected chi connectivity index (χ1v) is 7.83. The molecular formula is C17H27N3O2. The molecule has 0 saturated carbocycles. The highest BCUT2D eigenvalue weighted by atomic mass is 16.4. The molecule has 1 aromatic rings. The first kappa shape index (κ1) is 16.8. The van der Waals surface area contributed by atoms with Gasteiger partial charge in [-0.3, -0.25) is 9.38 Å². The third-order valence-corrected chi connectivity index (χ3v) is 4.95. The minimum absolute atomic E-state index is 0.00692. The molecular weight excluding hydrogens is 278 g/mol. The van der Waals surface area contributed by atoms with Crippen molar-refractivity contribution in [1.29, 1.82) is 0 Å². The Labute approximate surface area is 132 Å². The number of carbonyl (C=O) groups is 1. The fourth-order valence-electron chi connectivity index (χ4n) is 3.69. The summed E-state index contributed by atoms with van der Waals surface area (Å²) in [6, 6.07) is 7.85. The molecule has 0 spiro atoms. The molecule has 1 fully saturated rings. The third-order valence-electron chi connectivity index (χ3n) is 4.95. The summed E-state index contributed by atoms with van der Waals surface area (Å²) in [5.41, 5.74) is 7.30. The number of nitrogens with zero attached hydrogens (tertiary/aromatic N) is 2. The van der Waals surface area contributed by atoms with Gasteiger partial charge in [-0.2, -0.15) is 0 Å². The van der Waals surface area contributed by atoms with E-state index in [9.17, 15) is 9.90 Å². The van der Waals surface area contributed by atoms with Crippen LogP contribution in [0.1, 0.15) is 33.3 Å². The summed E-state index contributed by atoms with van der Waals surface area (Å²) < 4.78 is 0.0191. The van der Waals surface area contributed by atoms with Gasteiger partial charge >= 0.3 is 0 Å². The summed E-state index contributed by atoms with van der Waals surface area (Å²) in [6.45, 7) is 10.8. The van der Waals surface area contributed by atoms with Gasteiger partial charge in [0.2, 0.25) is 0 Å². The summed E-state index contributed by atoms with van der Waals surface area (Å²) in [4.78, 5) is 14.2. The van der Waals surface area contributed by atoms with Crippen molar-refractivity contribution in [3.8, 4) is 0 Å². The normalized spacial score (nSPS) is 26.8. The molecule has 5 heteroatoms. The van der Waals surface area contributed by atoms with Crippen LogP contribution in [0.5, 0.6) is 0 Å². The van der Waals surface area contributed by atoms with Crippen LogP contribution in [-0.4, -0.2) is 46.7 Å². The molecule has 1 heterocycles. The SMILES string of the molecule is C[C@H]1CN(Cc2ccc(N)cc2)CC[N+]1(C(=O)[O-])C(C)(C)C. The Hall–Kier alpha value is -1.59. The molecule has 2 atom stereocenters. The lowest BCUT2D eigenvalue weighted by Gasteiger charge is -2.55. The number of rotatable bonds is 2. The molecule has 1 saturated heterocycles. The van der Waals surface area contributed by atoms with Crippen LogP contribution in [0.2, 0.25) is 0 Å². The summed E-state index contributed by atoms with van der Waals surface area (Å²) in [7, 11) is 0. The van der Waals surface area contributed by atoms with Crippen LogP contribution < -0.4 is 10.8 Å². The van der Waals surface area contributed by atoms with Crippen molar-refractivity contribution in [3.05, 3.63) is 29.8 Å². The molecule has 0 aliphatic carbocycles. The zero-order chi connectivity index (χ0) is 16.5. The molecule has 22 heavy (non-hydrogen) atoms. The van der Waals surface area contributed by atoms with Crippen LogP contribution in [0.4, 0.5) is 10.5 Å². The molecule has 1 amide bonds. The highest BCUT2D eigenvalue weighted by molar-refractivity contribution is 5.55. The van der Waals surface area contributed by atoms with E-state index < -0.39 is 6.09 Å². The summed E-state index contributed by atoms with van der Waals surface area (Å²) in [5.74, 6) is 0. The number of hydrogen-bond acceptors (Lipinski definition) is 4. The molecule has 0 aromatic heterocycles. The molecule has 0 radical (unpaired) electrons. The Morgan fingerprint density at radius 1 is 1.36 bits per heavy atom. The van der Waals surface area contributed by atoms with Crippen LogP contribution in [-0.2, 0) is 6.54 Å². The average Bonchev–Trinajstić information content (AvgIpc) is 2.40. The Morgan fingerprint density at radius 2 is 1.95 bits per heavy atom. The van der Waals surface area contributed by atoms with Gasteiger partial charge in [-0.1, -0.05) is 12.1 Å². The second-order valence-corrected chi connectivity index (χ2v) is 7.35. The van der Waals surface area contributed by atoms with Crippen molar-refractivity contribution < 1.29 is 14.4 Å². The van der Waals surface area contributed by atoms with Crippen LogP contribution in [0.25, 0.3) is 0 Å². The average molecular weight is 305 g/mol. The second-order valence-electron chi connectivity index (χ2n) is 7.35.